The van der Waals surface area contributed by atoms with Gasteiger partial charge in [-0.15, -0.1) is 0 Å². The maximum absolute atomic E-state index is 6.14. The second-order valence-corrected chi connectivity index (χ2v) is 6.37. The minimum atomic E-state index is 0.343. The fraction of sp³-hybridized carbons (Fsp3) is 0.438. The molecule has 4 nitrogen and oxygen atoms in total. The molecule has 2 fully saturated rings. The number of nitrogens with two attached hydrogens (primary N) is 1. The molecule has 1 aromatic heterocycles. The molecular weight excluding hydrogens is 288 g/mol. The lowest BCUT2D eigenvalue weighted by molar-refractivity contribution is 0.416. The number of methoxy groups -OCH3 is 1. The van der Waals surface area contributed by atoms with Crippen LogP contribution in [0.3, 0.4) is 0 Å². The number of anilines is 1. The molecule has 0 amide bonds. The number of benzene rings is 1. The molecule has 2 unspecified atom stereocenters. The number of nitrogen functional groups attached to an aromatic ring is 1. The Bertz CT molecular complexity index is 688. The summed E-state index contributed by atoms with van der Waals surface area (Å²) in [6, 6.07) is 5.52. The first kappa shape index (κ1) is 13.0. The van der Waals surface area contributed by atoms with Crippen LogP contribution in [0.5, 0.6) is 5.75 Å². The number of nitrogens with zero attached hydrogens (tertiary/aromatic N) is 1. The van der Waals surface area contributed by atoms with Crippen molar-refractivity contribution in [1.29, 1.82) is 0 Å². The quantitative estimate of drug-likeness (QED) is 0.927. The largest absolute Gasteiger partial charge is 0.496 e. The van der Waals surface area contributed by atoms with Crippen LogP contribution in [-0.4, -0.2) is 12.3 Å². The SMILES string of the molecule is COc1ccc(Cl)cc1-c1c(C2C3CCCC32)noc1N. The van der Waals surface area contributed by atoms with Crippen molar-refractivity contribution >= 4 is 17.5 Å². The molecule has 0 saturated heterocycles. The highest BCUT2D eigenvalue weighted by atomic mass is 35.5. The van der Waals surface area contributed by atoms with Gasteiger partial charge in [0.05, 0.1) is 18.4 Å². The third-order valence-electron chi connectivity index (χ3n) is 4.90. The highest BCUT2D eigenvalue weighted by molar-refractivity contribution is 6.31. The number of hydrogen-bond donors (Lipinski definition) is 1. The van der Waals surface area contributed by atoms with Crippen LogP contribution in [-0.2, 0) is 0 Å². The Morgan fingerprint density at radius 2 is 2.10 bits per heavy atom. The first-order valence-corrected chi connectivity index (χ1v) is 7.67. The minimum absolute atomic E-state index is 0.343. The van der Waals surface area contributed by atoms with Gasteiger partial charge in [0, 0.05) is 16.5 Å². The molecule has 1 aromatic carbocycles. The number of aromatic nitrogens is 1. The highest BCUT2D eigenvalue weighted by Gasteiger charge is 2.55. The first-order valence-electron chi connectivity index (χ1n) is 7.29. The van der Waals surface area contributed by atoms with Crippen molar-refractivity contribution in [2.24, 2.45) is 11.8 Å². The molecule has 0 bridgehead atoms. The maximum atomic E-state index is 6.14. The van der Waals surface area contributed by atoms with Gasteiger partial charge in [-0.3, -0.25) is 0 Å². The third kappa shape index (κ3) is 1.93. The monoisotopic (exact) mass is 304 g/mol. The van der Waals surface area contributed by atoms with Gasteiger partial charge in [0.15, 0.2) is 0 Å². The van der Waals surface area contributed by atoms with E-state index < -0.39 is 0 Å². The fourth-order valence-electron chi connectivity index (χ4n) is 3.92. The molecule has 0 aliphatic heterocycles. The molecule has 2 saturated carbocycles. The fourth-order valence-corrected chi connectivity index (χ4v) is 4.09. The van der Waals surface area contributed by atoms with Crippen molar-refractivity contribution in [3.05, 3.63) is 28.9 Å². The summed E-state index contributed by atoms with van der Waals surface area (Å²) in [4.78, 5) is 0. The Morgan fingerprint density at radius 1 is 1.33 bits per heavy atom. The van der Waals surface area contributed by atoms with Crippen LogP contribution in [0.4, 0.5) is 5.88 Å². The molecule has 2 atom stereocenters. The molecule has 2 aliphatic carbocycles. The van der Waals surface area contributed by atoms with Gasteiger partial charge < -0.3 is 15.0 Å². The Kier molecular flexibility index (Phi) is 2.89. The van der Waals surface area contributed by atoms with E-state index in [4.69, 9.17) is 26.6 Å². The Balaban J connectivity index is 1.82. The predicted octanol–water partition coefficient (Wildman–Crippen LogP) is 4.10. The second kappa shape index (κ2) is 4.67. The Morgan fingerprint density at radius 3 is 2.81 bits per heavy atom. The molecule has 110 valence electrons. The van der Waals surface area contributed by atoms with E-state index in [1.165, 1.54) is 19.3 Å². The van der Waals surface area contributed by atoms with Gasteiger partial charge in [-0.1, -0.05) is 23.2 Å². The molecule has 2 aromatic rings. The van der Waals surface area contributed by atoms with Crippen LogP contribution < -0.4 is 10.5 Å². The lowest BCUT2D eigenvalue weighted by Crippen LogP contribution is -1.95. The summed E-state index contributed by atoms with van der Waals surface area (Å²) in [5.41, 5.74) is 8.73. The summed E-state index contributed by atoms with van der Waals surface area (Å²) in [5.74, 6) is 3.06. The van der Waals surface area contributed by atoms with E-state index in [0.29, 0.717) is 16.8 Å². The molecule has 2 N–H and O–H groups in total. The second-order valence-electron chi connectivity index (χ2n) is 5.94. The van der Waals surface area contributed by atoms with Crippen molar-refractivity contribution in [3.63, 3.8) is 0 Å². The number of halogens is 1. The summed E-state index contributed by atoms with van der Waals surface area (Å²) in [6.07, 6.45) is 3.90. The van der Waals surface area contributed by atoms with Gasteiger partial charge in [0.1, 0.15) is 5.75 Å². The molecule has 0 radical (unpaired) electrons. The molecule has 1 heterocycles. The zero-order chi connectivity index (χ0) is 14.6. The first-order chi connectivity index (χ1) is 10.2. The van der Waals surface area contributed by atoms with Crippen molar-refractivity contribution in [2.45, 2.75) is 25.2 Å². The maximum Gasteiger partial charge on any atom is 0.230 e. The summed E-state index contributed by atoms with van der Waals surface area (Å²) >= 11 is 6.14. The minimum Gasteiger partial charge on any atom is -0.496 e. The normalized spacial score (nSPS) is 26.7. The van der Waals surface area contributed by atoms with E-state index in [1.54, 1.807) is 13.2 Å². The average molecular weight is 305 g/mol. The van der Waals surface area contributed by atoms with Crippen LogP contribution in [0, 0.1) is 11.8 Å². The van der Waals surface area contributed by atoms with Gasteiger partial charge in [-0.05, 0) is 42.9 Å². The topological polar surface area (TPSA) is 61.3 Å². The van der Waals surface area contributed by atoms with Gasteiger partial charge in [0.2, 0.25) is 5.88 Å². The Labute approximate surface area is 128 Å². The number of hydrogen-bond acceptors (Lipinski definition) is 4. The predicted molar refractivity (Wildman–Crippen MR) is 81.5 cm³/mol. The number of rotatable bonds is 3. The van der Waals surface area contributed by atoms with E-state index in [9.17, 15) is 0 Å². The molecule has 2 aliphatic rings. The van der Waals surface area contributed by atoms with Crippen LogP contribution in [0.1, 0.15) is 30.9 Å². The number of ether oxygens (including phenoxy) is 1. The summed E-state index contributed by atoms with van der Waals surface area (Å²) in [6.45, 7) is 0. The van der Waals surface area contributed by atoms with Gasteiger partial charge >= 0.3 is 0 Å². The van der Waals surface area contributed by atoms with Crippen molar-refractivity contribution in [3.8, 4) is 16.9 Å². The standard InChI is InChI=1S/C16H17ClN2O2/c1-20-12-6-5-8(17)7-11(12)14-15(19-21-16(14)18)13-9-3-2-4-10(9)13/h5-7,9-10,13H,2-4,18H2,1H3. The van der Waals surface area contributed by atoms with E-state index in [-0.39, 0.29) is 0 Å². The highest BCUT2D eigenvalue weighted by Crippen LogP contribution is 2.64. The van der Waals surface area contributed by atoms with Gasteiger partial charge in [-0.2, -0.15) is 0 Å². The van der Waals surface area contributed by atoms with E-state index in [0.717, 1.165) is 34.4 Å². The van der Waals surface area contributed by atoms with Gasteiger partial charge in [-0.25, -0.2) is 0 Å². The molecule has 0 spiro atoms. The molecule has 4 rings (SSSR count). The summed E-state index contributed by atoms with van der Waals surface area (Å²) in [5, 5.41) is 4.89. The summed E-state index contributed by atoms with van der Waals surface area (Å²) < 4.78 is 10.7. The molecule has 21 heavy (non-hydrogen) atoms. The zero-order valence-corrected chi connectivity index (χ0v) is 12.6. The average Bonchev–Trinajstić information content (AvgIpc) is 2.85. The van der Waals surface area contributed by atoms with E-state index >= 15 is 0 Å². The van der Waals surface area contributed by atoms with Crippen molar-refractivity contribution < 1.29 is 9.26 Å². The Hall–Kier alpha value is -1.68. The van der Waals surface area contributed by atoms with Gasteiger partial charge in [0.25, 0.3) is 0 Å². The lowest BCUT2D eigenvalue weighted by atomic mass is 9.99. The third-order valence-corrected chi connectivity index (χ3v) is 5.13. The van der Waals surface area contributed by atoms with Crippen LogP contribution in [0.25, 0.3) is 11.1 Å². The van der Waals surface area contributed by atoms with E-state index in [1.807, 2.05) is 12.1 Å². The molecule has 5 heteroatoms. The lowest BCUT2D eigenvalue weighted by Gasteiger charge is -2.10. The van der Waals surface area contributed by atoms with Crippen molar-refractivity contribution in [1.82, 2.24) is 5.16 Å². The molecular formula is C16H17ClN2O2. The zero-order valence-electron chi connectivity index (χ0n) is 11.8. The number of fused-ring (bicyclic) bond motifs is 1. The van der Waals surface area contributed by atoms with Crippen LogP contribution in [0.2, 0.25) is 5.02 Å². The van der Waals surface area contributed by atoms with E-state index in [2.05, 4.69) is 5.16 Å². The van der Waals surface area contributed by atoms with Crippen molar-refractivity contribution in [2.75, 3.05) is 12.8 Å². The van der Waals surface area contributed by atoms with Crippen LogP contribution in [0.15, 0.2) is 22.7 Å². The summed E-state index contributed by atoms with van der Waals surface area (Å²) in [7, 11) is 1.64. The smallest absolute Gasteiger partial charge is 0.230 e. The van der Waals surface area contributed by atoms with Crippen LogP contribution >= 0.6 is 11.6 Å².